The molecule has 1 fully saturated rings. The molecule has 1 N–H and O–H groups in total. The monoisotopic (exact) mass is 369 g/mol. The first-order valence-corrected chi connectivity index (χ1v) is 8.98. The van der Waals surface area contributed by atoms with Gasteiger partial charge in [-0.25, -0.2) is 4.79 Å². The van der Waals surface area contributed by atoms with Crippen LogP contribution in [0.1, 0.15) is 28.9 Å². The number of carbonyl (C=O) groups is 2. The smallest absolute Gasteiger partial charge is 0.335 e. The Balaban J connectivity index is 1.65. The summed E-state index contributed by atoms with van der Waals surface area (Å²) in [6, 6.07) is 6.65. The summed E-state index contributed by atoms with van der Waals surface area (Å²) in [5.74, 6) is -0.580. The Labute approximate surface area is 158 Å². The van der Waals surface area contributed by atoms with Gasteiger partial charge in [0.25, 0.3) is 0 Å². The van der Waals surface area contributed by atoms with Crippen molar-refractivity contribution in [1.29, 1.82) is 0 Å². The minimum absolute atomic E-state index is 0.0296. The Hall–Kier alpha value is -2.80. The quantitative estimate of drug-likeness (QED) is 0.840. The summed E-state index contributed by atoms with van der Waals surface area (Å²) >= 11 is 0. The van der Waals surface area contributed by atoms with Crippen molar-refractivity contribution in [2.24, 2.45) is 5.92 Å². The van der Waals surface area contributed by atoms with Crippen LogP contribution in [0.2, 0.25) is 0 Å². The number of amides is 1. The molecular formula is C20H23N3O4. The average Bonchev–Trinajstić information content (AvgIpc) is 2.69. The van der Waals surface area contributed by atoms with E-state index < -0.39 is 5.97 Å². The van der Waals surface area contributed by atoms with Gasteiger partial charge in [-0.15, -0.1) is 0 Å². The molecular weight excluding hydrogens is 346 g/mol. The third kappa shape index (κ3) is 4.89. The third-order valence-electron chi connectivity index (χ3n) is 4.75. The van der Waals surface area contributed by atoms with E-state index >= 15 is 0 Å². The molecule has 0 spiro atoms. The fourth-order valence-electron chi connectivity index (χ4n) is 3.39. The highest BCUT2D eigenvalue weighted by Gasteiger charge is 2.24. The van der Waals surface area contributed by atoms with Gasteiger partial charge in [0.2, 0.25) is 5.91 Å². The molecule has 7 nitrogen and oxygen atoms in total. The summed E-state index contributed by atoms with van der Waals surface area (Å²) in [5.41, 5.74) is 2.46. The maximum absolute atomic E-state index is 12.0. The van der Waals surface area contributed by atoms with Gasteiger partial charge in [-0.3, -0.25) is 14.8 Å². The lowest BCUT2D eigenvalue weighted by molar-refractivity contribution is -0.136. The van der Waals surface area contributed by atoms with Crippen molar-refractivity contribution >= 4 is 11.9 Å². The number of hydrogen-bond donors (Lipinski definition) is 1. The number of ether oxygens (including phenoxy) is 1. The van der Waals surface area contributed by atoms with Crippen LogP contribution in [0.5, 0.6) is 0 Å². The van der Waals surface area contributed by atoms with Crippen LogP contribution in [0, 0.1) is 5.92 Å². The summed E-state index contributed by atoms with van der Waals surface area (Å²) in [6.45, 7) is 1.62. The summed E-state index contributed by atoms with van der Waals surface area (Å²) in [7, 11) is 1.53. The van der Waals surface area contributed by atoms with Gasteiger partial charge in [0.15, 0.2) is 0 Å². The molecule has 7 heteroatoms. The highest BCUT2D eigenvalue weighted by atomic mass is 16.5. The van der Waals surface area contributed by atoms with Crippen LogP contribution >= 0.6 is 0 Å². The number of aromatic carboxylic acids is 1. The Morgan fingerprint density at radius 1 is 1.30 bits per heavy atom. The van der Waals surface area contributed by atoms with Crippen LogP contribution < -0.4 is 0 Å². The summed E-state index contributed by atoms with van der Waals surface area (Å²) < 4.78 is 4.94. The number of methoxy groups -OCH3 is 1. The predicted octanol–water partition coefficient (Wildman–Crippen LogP) is 2.27. The fourth-order valence-corrected chi connectivity index (χ4v) is 3.39. The van der Waals surface area contributed by atoms with E-state index in [9.17, 15) is 9.59 Å². The van der Waals surface area contributed by atoms with Gasteiger partial charge in [-0.1, -0.05) is 12.1 Å². The van der Waals surface area contributed by atoms with Crippen LogP contribution in [0.15, 0.2) is 36.7 Å². The molecule has 1 unspecified atom stereocenters. The molecule has 3 rings (SSSR count). The number of carboxylic acid groups (broad SMARTS) is 1. The first-order valence-electron chi connectivity index (χ1n) is 8.98. The van der Waals surface area contributed by atoms with Gasteiger partial charge < -0.3 is 14.7 Å². The number of nitrogens with zero attached hydrogens (tertiary/aromatic N) is 3. The van der Waals surface area contributed by atoms with E-state index in [2.05, 4.69) is 9.97 Å². The van der Waals surface area contributed by atoms with Crippen LogP contribution in [0.3, 0.4) is 0 Å². The van der Waals surface area contributed by atoms with Gasteiger partial charge in [-0.2, -0.15) is 0 Å². The van der Waals surface area contributed by atoms with E-state index in [1.807, 2.05) is 11.0 Å². The molecule has 0 aliphatic carbocycles. The molecule has 2 heterocycles. The molecule has 27 heavy (non-hydrogen) atoms. The number of rotatable bonds is 6. The molecule has 1 amide bonds. The summed E-state index contributed by atoms with van der Waals surface area (Å²) in [4.78, 5) is 33.9. The van der Waals surface area contributed by atoms with Crippen molar-refractivity contribution in [1.82, 2.24) is 14.9 Å². The Bertz CT molecular complexity index is 807. The number of likely N-dealkylation sites (tertiary alicyclic amines) is 1. The lowest BCUT2D eigenvalue weighted by Crippen LogP contribution is -2.42. The van der Waals surface area contributed by atoms with Crippen LogP contribution in [0.4, 0.5) is 0 Å². The van der Waals surface area contributed by atoms with E-state index in [4.69, 9.17) is 9.84 Å². The largest absolute Gasteiger partial charge is 0.478 e. The molecule has 0 saturated carbocycles. The molecule has 142 valence electrons. The highest BCUT2D eigenvalue weighted by Crippen LogP contribution is 2.22. The Morgan fingerprint density at radius 2 is 2.15 bits per heavy atom. The highest BCUT2D eigenvalue weighted by molar-refractivity contribution is 5.89. The van der Waals surface area contributed by atoms with Gasteiger partial charge in [0.05, 0.1) is 23.1 Å². The van der Waals surface area contributed by atoms with Crippen molar-refractivity contribution < 1.29 is 19.4 Å². The molecule has 1 atom stereocenters. The second-order valence-electron chi connectivity index (χ2n) is 6.76. The molecule has 2 aromatic rings. The lowest BCUT2D eigenvalue weighted by Gasteiger charge is -2.32. The molecule has 0 radical (unpaired) electrons. The zero-order chi connectivity index (χ0) is 19.2. The van der Waals surface area contributed by atoms with Gasteiger partial charge in [-0.05, 0) is 37.3 Å². The number of hydrogen-bond acceptors (Lipinski definition) is 5. The Morgan fingerprint density at radius 3 is 2.85 bits per heavy atom. The zero-order valence-corrected chi connectivity index (χ0v) is 15.3. The number of aromatic nitrogens is 2. The zero-order valence-electron chi connectivity index (χ0n) is 15.3. The fraction of sp³-hybridized carbons (Fsp3) is 0.400. The van der Waals surface area contributed by atoms with E-state index in [-0.39, 0.29) is 18.1 Å². The number of carbonyl (C=O) groups excluding carboxylic acids is 1. The maximum atomic E-state index is 12.0. The van der Waals surface area contributed by atoms with Gasteiger partial charge in [0.1, 0.15) is 6.61 Å². The summed E-state index contributed by atoms with van der Waals surface area (Å²) in [6.07, 6.45) is 6.21. The number of benzene rings is 1. The first kappa shape index (κ1) is 19.0. The minimum Gasteiger partial charge on any atom is -0.478 e. The van der Waals surface area contributed by atoms with Crippen molar-refractivity contribution in [2.75, 3.05) is 26.8 Å². The number of piperidine rings is 1. The lowest BCUT2D eigenvalue weighted by atomic mass is 9.93. The minimum atomic E-state index is -0.966. The normalized spacial score (nSPS) is 16.9. The van der Waals surface area contributed by atoms with Crippen LogP contribution in [0.25, 0.3) is 11.3 Å². The SMILES string of the molecule is COCC(=O)N1CCCC(Cc2cnc(-c3cccc(C(=O)O)c3)cn2)C1. The number of carboxylic acids is 1. The topological polar surface area (TPSA) is 92.6 Å². The van der Waals surface area contributed by atoms with Crippen molar-refractivity contribution in [3.63, 3.8) is 0 Å². The van der Waals surface area contributed by atoms with Crippen molar-refractivity contribution in [3.05, 3.63) is 47.9 Å². The van der Waals surface area contributed by atoms with E-state index in [0.717, 1.165) is 37.1 Å². The second-order valence-corrected chi connectivity index (χ2v) is 6.76. The van der Waals surface area contributed by atoms with Crippen molar-refractivity contribution in [3.8, 4) is 11.3 Å². The maximum Gasteiger partial charge on any atom is 0.335 e. The molecule has 1 saturated heterocycles. The van der Waals surface area contributed by atoms with E-state index in [1.165, 1.54) is 7.11 Å². The third-order valence-corrected chi connectivity index (χ3v) is 4.75. The van der Waals surface area contributed by atoms with E-state index in [0.29, 0.717) is 18.2 Å². The predicted molar refractivity (Wildman–Crippen MR) is 99.3 cm³/mol. The Kier molecular flexibility index (Phi) is 6.13. The second kappa shape index (κ2) is 8.73. The molecule has 1 aliphatic heterocycles. The van der Waals surface area contributed by atoms with Gasteiger partial charge >= 0.3 is 5.97 Å². The first-order chi connectivity index (χ1) is 13.1. The van der Waals surface area contributed by atoms with Crippen LogP contribution in [-0.4, -0.2) is 58.7 Å². The van der Waals surface area contributed by atoms with E-state index in [1.54, 1.807) is 30.6 Å². The molecule has 1 aliphatic rings. The molecule has 0 bridgehead atoms. The molecule has 1 aromatic carbocycles. The summed E-state index contributed by atoms with van der Waals surface area (Å²) in [5, 5.41) is 9.10. The standard InChI is InChI=1S/C20H23N3O4/c1-27-13-19(24)23-7-3-4-14(12-23)8-17-10-22-18(11-21-17)15-5-2-6-16(9-15)20(25)26/h2,5-6,9-11,14H,3-4,7-8,12-13H2,1H3,(H,25,26). The molecule has 1 aromatic heterocycles. The average molecular weight is 369 g/mol. The van der Waals surface area contributed by atoms with Gasteiger partial charge in [0, 0.05) is 32.0 Å². The van der Waals surface area contributed by atoms with Crippen LogP contribution in [-0.2, 0) is 16.0 Å². The van der Waals surface area contributed by atoms with Crippen molar-refractivity contribution in [2.45, 2.75) is 19.3 Å².